The summed E-state index contributed by atoms with van der Waals surface area (Å²) in [6.07, 6.45) is -0.732. The minimum absolute atomic E-state index is 0. The number of rotatable bonds is 1. The van der Waals surface area contributed by atoms with Crippen LogP contribution >= 0.6 is 11.8 Å². The van der Waals surface area contributed by atoms with E-state index in [0.29, 0.717) is 6.61 Å². The second-order valence-electron chi connectivity index (χ2n) is 0.783. The molecule has 0 aromatic rings. The van der Waals surface area contributed by atoms with Crippen molar-refractivity contribution in [2.45, 2.75) is 6.92 Å². The Morgan fingerprint density at radius 2 is 2.38 bits per heavy atom. The molecule has 0 fully saturated rings. The number of ether oxygens (including phenoxy) is 1. The Morgan fingerprint density at radius 3 is 2.50 bits per heavy atom. The van der Waals surface area contributed by atoms with Crippen molar-refractivity contribution in [3.63, 3.8) is 0 Å². The van der Waals surface area contributed by atoms with E-state index in [1.165, 1.54) is 0 Å². The van der Waals surface area contributed by atoms with E-state index in [2.05, 4.69) is 21.0 Å². The van der Waals surface area contributed by atoms with Gasteiger partial charge in [-0.05, 0) is 6.61 Å². The zero-order valence-electron chi connectivity index (χ0n) is 4.85. The summed E-state index contributed by atoms with van der Waals surface area (Å²) in [5.74, 6) is 0. The molecule has 0 unspecified atom stereocenters. The molecule has 0 aromatic carbocycles. The molecule has 0 saturated heterocycles. The minimum Gasteiger partial charge on any atom is -0.600 e. The molecule has 42 valence electrons. The van der Waals surface area contributed by atoms with E-state index in [4.69, 9.17) is 0 Å². The quantitative estimate of drug-likeness (QED) is 0.223. The summed E-state index contributed by atoms with van der Waals surface area (Å²) < 4.78 is 6.94. The third-order valence-electron chi connectivity index (χ3n) is 0.337. The number of halogens is 1. The molecular weight excluding hydrogens is 140 g/mol. The third-order valence-corrected chi connectivity index (χ3v) is 0.475. The van der Waals surface area contributed by atoms with Crippen LogP contribution in [0.25, 0.3) is 0 Å². The van der Waals surface area contributed by atoms with Crippen molar-refractivity contribution < 1.29 is 39.4 Å². The van der Waals surface area contributed by atoms with E-state index < -0.39 is 6.08 Å². The molecule has 8 heavy (non-hydrogen) atoms. The standard InChI is InChI=1S/C3H6ClNO2.Na/c1-2-7-3(6)5-4;/h2H2,1H3,(H,5,6);/q;+1/p-1. The van der Waals surface area contributed by atoms with Gasteiger partial charge in [0.25, 0.3) is 0 Å². The maximum absolute atomic E-state index is 9.89. The summed E-state index contributed by atoms with van der Waals surface area (Å²) in [6, 6.07) is 0. The number of hydrogen-bond donors (Lipinski definition) is 0. The zero-order valence-corrected chi connectivity index (χ0v) is 7.60. The van der Waals surface area contributed by atoms with Gasteiger partial charge >= 0.3 is 29.6 Å². The van der Waals surface area contributed by atoms with E-state index in [1.54, 1.807) is 6.92 Å². The molecule has 0 aliphatic carbocycles. The summed E-state index contributed by atoms with van der Waals surface area (Å²) in [5, 5.41) is 9.89. The Balaban J connectivity index is 0. The molecule has 0 aliphatic heterocycles. The first-order valence-electron chi connectivity index (χ1n) is 1.80. The van der Waals surface area contributed by atoms with Crippen LogP contribution in [0.15, 0.2) is 4.51 Å². The van der Waals surface area contributed by atoms with Gasteiger partial charge < -0.3 is 9.84 Å². The first-order chi connectivity index (χ1) is 3.31. The number of hydrogen-bond acceptors (Lipinski definition) is 3. The second kappa shape index (κ2) is 7.56. The summed E-state index contributed by atoms with van der Waals surface area (Å²) >= 11 is 4.68. The van der Waals surface area contributed by atoms with Gasteiger partial charge in [-0.2, -0.15) is 4.51 Å². The molecule has 0 N–H and O–H groups in total. The normalized spacial score (nSPS) is 10.0. The topological polar surface area (TPSA) is 44.6 Å². The van der Waals surface area contributed by atoms with Crippen LogP contribution in [0.1, 0.15) is 6.92 Å². The molecule has 0 aliphatic rings. The Morgan fingerprint density at radius 1 is 1.88 bits per heavy atom. The van der Waals surface area contributed by atoms with Crippen molar-refractivity contribution in [2.75, 3.05) is 6.61 Å². The summed E-state index contributed by atoms with van der Waals surface area (Å²) in [4.78, 5) is 0. The van der Waals surface area contributed by atoms with E-state index in [0.717, 1.165) is 0 Å². The van der Waals surface area contributed by atoms with Gasteiger partial charge in [-0.1, -0.05) is 6.92 Å². The average Bonchev–Trinajstić information content (AvgIpc) is 1.68. The van der Waals surface area contributed by atoms with Gasteiger partial charge in [0.15, 0.2) is 6.08 Å². The maximum Gasteiger partial charge on any atom is 1.00 e. The fraction of sp³-hybridized carbons (Fsp3) is 0.667. The largest absolute Gasteiger partial charge is 1.00 e. The van der Waals surface area contributed by atoms with Gasteiger partial charge in [0.05, 0.1) is 0 Å². The zero-order chi connectivity index (χ0) is 5.70. The first-order valence-corrected chi connectivity index (χ1v) is 2.13. The van der Waals surface area contributed by atoms with Crippen LogP contribution in [-0.2, 0) is 4.74 Å². The van der Waals surface area contributed by atoms with Crippen molar-refractivity contribution in [1.29, 1.82) is 0 Å². The maximum atomic E-state index is 9.89. The fourth-order valence-electron chi connectivity index (χ4n) is 0.148. The monoisotopic (exact) mass is 145 g/mol. The molecule has 0 heterocycles. The molecule has 0 aromatic heterocycles. The molecule has 0 radical (unpaired) electrons. The molecule has 0 bridgehead atoms. The molecule has 0 rings (SSSR count). The van der Waals surface area contributed by atoms with Gasteiger partial charge in [0.1, 0.15) is 0 Å². The average molecular weight is 146 g/mol. The van der Waals surface area contributed by atoms with Gasteiger partial charge in [-0.25, -0.2) is 0 Å². The van der Waals surface area contributed by atoms with Crippen LogP contribution in [-0.4, -0.2) is 12.7 Å². The summed E-state index contributed by atoms with van der Waals surface area (Å²) in [5.41, 5.74) is 0. The summed E-state index contributed by atoms with van der Waals surface area (Å²) in [7, 11) is 0. The van der Waals surface area contributed by atoms with E-state index >= 15 is 0 Å². The summed E-state index contributed by atoms with van der Waals surface area (Å²) in [6.45, 7) is 2.00. The first kappa shape index (κ1) is 11.4. The Labute approximate surface area is 75.1 Å². The molecular formula is C3H5ClNNaO2. The van der Waals surface area contributed by atoms with Crippen molar-refractivity contribution >= 4 is 17.9 Å². The molecule has 0 atom stereocenters. The smallest absolute Gasteiger partial charge is 0.600 e. The van der Waals surface area contributed by atoms with Crippen LogP contribution in [0.4, 0.5) is 0 Å². The Kier molecular flexibility index (Phi) is 10.7. The van der Waals surface area contributed by atoms with Gasteiger partial charge in [-0.15, -0.1) is 0 Å². The van der Waals surface area contributed by atoms with E-state index in [-0.39, 0.29) is 29.6 Å². The number of nitrogens with zero attached hydrogens (tertiary/aromatic N) is 1. The van der Waals surface area contributed by atoms with Crippen molar-refractivity contribution in [3.8, 4) is 0 Å². The Bertz CT molecular complexity index is 77.7. The van der Waals surface area contributed by atoms with Crippen molar-refractivity contribution in [2.24, 2.45) is 4.51 Å². The second-order valence-corrected chi connectivity index (χ2v) is 0.952. The van der Waals surface area contributed by atoms with Crippen LogP contribution in [0.3, 0.4) is 0 Å². The van der Waals surface area contributed by atoms with Gasteiger partial charge in [-0.3, -0.25) is 0 Å². The van der Waals surface area contributed by atoms with Crippen molar-refractivity contribution in [3.05, 3.63) is 0 Å². The van der Waals surface area contributed by atoms with E-state index in [9.17, 15) is 5.11 Å². The Hall–Kier alpha value is 0.560. The predicted molar refractivity (Wildman–Crippen MR) is 24.9 cm³/mol. The van der Waals surface area contributed by atoms with Crippen LogP contribution in [0, 0.1) is 0 Å². The van der Waals surface area contributed by atoms with E-state index in [1.807, 2.05) is 0 Å². The molecule has 5 heteroatoms. The molecule has 0 amide bonds. The SMILES string of the molecule is CCOC([O-])=NCl.[Na+]. The van der Waals surface area contributed by atoms with Gasteiger partial charge in [0, 0.05) is 11.8 Å². The predicted octanol–water partition coefficient (Wildman–Crippen LogP) is -3.10. The fourth-order valence-corrected chi connectivity index (χ4v) is 0.197. The van der Waals surface area contributed by atoms with Gasteiger partial charge in [0.2, 0.25) is 0 Å². The van der Waals surface area contributed by atoms with Crippen LogP contribution in [0.2, 0.25) is 0 Å². The molecule has 0 saturated carbocycles. The van der Waals surface area contributed by atoms with Crippen molar-refractivity contribution in [1.82, 2.24) is 0 Å². The third kappa shape index (κ3) is 6.56. The van der Waals surface area contributed by atoms with Crippen LogP contribution in [0.5, 0.6) is 0 Å². The molecule has 0 spiro atoms. The van der Waals surface area contributed by atoms with Crippen LogP contribution < -0.4 is 34.7 Å². The minimum atomic E-state index is -0.732. The molecule has 3 nitrogen and oxygen atoms in total.